The Bertz CT molecular complexity index is 406. The molecule has 4 nitrogen and oxygen atoms in total. The lowest BCUT2D eigenvalue weighted by molar-refractivity contribution is -0.137. The quantitative estimate of drug-likeness (QED) is 0.226. The number of carbonyl (C=O) groups excluding carboxylic acids is 1. The standard InChI is InChI=1S/C12H12I2O4/c13-9(11(15)16)6-7-18-12(17)10(14)8-4-2-1-3-5-8/h1-7,9-11,15-16H. The molecule has 0 aliphatic rings. The summed E-state index contributed by atoms with van der Waals surface area (Å²) in [5, 5.41) is 17.7. The van der Waals surface area contributed by atoms with Crippen LogP contribution in [0.1, 0.15) is 9.49 Å². The smallest absolute Gasteiger partial charge is 0.328 e. The lowest BCUT2D eigenvalue weighted by Gasteiger charge is -2.09. The molecular weight excluding hydrogens is 462 g/mol. The SMILES string of the molecule is O=C(OC=CC(I)C(O)O)C(I)c1ccccc1. The van der Waals surface area contributed by atoms with Crippen LogP contribution in [0.25, 0.3) is 0 Å². The molecule has 2 unspecified atom stereocenters. The summed E-state index contributed by atoms with van der Waals surface area (Å²) in [5.74, 6) is -0.394. The summed E-state index contributed by atoms with van der Waals surface area (Å²) in [6.45, 7) is 0. The van der Waals surface area contributed by atoms with Gasteiger partial charge < -0.3 is 14.9 Å². The minimum Gasteiger partial charge on any atom is -0.434 e. The Kier molecular flexibility index (Phi) is 7.12. The zero-order valence-electron chi connectivity index (χ0n) is 9.24. The molecule has 0 saturated carbocycles. The Balaban J connectivity index is 2.51. The summed E-state index contributed by atoms with van der Waals surface area (Å²) in [5.41, 5.74) is 0.865. The van der Waals surface area contributed by atoms with Gasteiger partial charge in [-0.05, 0) is 11.6 Å². The molecule has 0 radical (unpaired) electrons. The van der Waals surface area contributed by atoms with Crippen molar-refractivity contribution in [1.82, 2.24) is 0 Å². The van der Waals surface area contributed by atoms with E-state index in [4.69, 9.17) is 14.9 Å². The van der Waals surface area contributed by atoms with Crippen LogP contribution in [0.15, 0.2) is 42.7 Å². The number of esters is 1. The van der Waals surface area contributed by atoms with Crippen LogP contribution in [-0.4, -0.2) is 26.4 Å². The normalized spacial score (nSPS) is 14.7. The first-order chi connectivity index (χ1) is 8.52. The highest BCUT2D eigenvalue weighted by atomic mass is 127. The van der Waals surface area contributed by atoms with E-state index in [9.17, 15) is 4.79 Å². The van der Waals surface area contributed by atoms with Gasteiger partial charge >= 0.3 is 5.97 Å². The molecule has 1 rings (SSSR count). The van der Waals surface area contributed by atoms with E-state index in [1.54, 1.807) is 0 Å². The molecule has 1 aromatic rings. The van der Waals surface area contributed by atoms with E-state index in [0.717, 1.165) is 5.56 Å². The van der Waals surface area contributed by atoms with Gasteiger partial charge in [0.25, 0.3) is 0 Å². The van der Waals surface area contributed by atoms with E-state index < -0.39 is 16.2 Å². The molecule has 1 aromatic carbocycles. The second-order valence-electron chi connectivity index (χ2n) is 3.40. The predicted octanol–water partition coefficient (Wildman–Crippen LogP) is 2.33. The summed E-state index contributed by atoms with van der Waals surface area (Å²) in [6, 6.07) is 9.28. The van der Waals surface area contributed by atoms with Gasteiger partial charge in [0.15, 0.2) is 6.29 Å². The number of alkyl halides is 2. The van der Waals surface area contributed by atoms with Crippen molar-refractivity contribution in [1.29, 1.82) is 0 Å². The van der Waals surface area contributed by atoms with E-state index in [0.29, 0.717) is 0 Å². The Labute approximate surface area is 132 Å². The van der Waals surface area contributed by atoms with Crippen LogP contribution in [0.2, 0.25) is 0 Å². The number of halogens is 2. The molecule has 98 valence electrons. The number of hydrogen-bond acceptors (Lipinski definition) is 4. The number of aliphatic hydroxyl groups is 2. The second kappa shape index (κ2) is 8.08. The minimum atomic E-state index is -1.47. The molecule has 2 N–H and O–H groups in total. The summed E-state index contributed by atoms with van der Waals surface area (Å²) >= 11 is 3.82. The number of benzene rings is 1. The van der Waals surface area contributed by atoms with E-state index in [-0.39, 0.29) is 3.92 Å². The van der Waals surface area contributed by atoms with E-state index in [1.165, 1.54) is 12.3 Å². The van der Waals surface area contributed by atoms with Gasteiger partial charge in [-0.2, -0.15) is 0 Å². The number of ether oxygens (including phenoxy) is 1. The Morgan fingerprint density at radius 1 is 1.22 bits per heavy atom. The van der Waals surface area contributed by atoms with Crippen LogP contribution in [0, 0.1) is 0 Å². The molecule has 0 amide bonds. The van der Waals surface area contributed by atoms with Crippen LogP contribution in [-0.2, 0) is 9.53 Å². The fraction of sp³-hybridized carbons (Fsp3) is 0.250. The molecule has 0 aromatic heterocycles. The zero-order chi connectivity index (χ0) is 13.5. The van der Waals surface area contributed by atoms with Crippen molar-refractivity contribution in [3.8, 4) is 0 Å². The van der Waals surface area contributed by atoms with Gasteiger partial charge in [0.05, 0.1) is 10.2 Å². The van der Waals surface area contributed by atoms with Crippen molar-refractivity contribution in [2.24, 2.45) is 0 Å². The van der Waals surface area contributed by atoms with Gasteiger partial charge in [-0.1, -0.05) is 75.5 Å². The maximum atomic E-state index is 11.7. The molecule has 0 fully saturated rings. The number of hydrogen-bond donors (Lipinski definition) is 2. The fourth-order valence-electron chi connectivity index (χ4n) is 1.10. The molecule has 0 heterocycles. The van der Waals surface area contributed by atoms with Gasteiger partial charge in [-0.15, -0.1) is 0 Å². The maximum Gasteiger partial charge on any atom is 0.328 e. The van der Waals surface area contributed by atoms with Crippen LogP contribution in [0.5, 0.6) is 0 Å². The lowest BCUT2D eigenvalue weighted by atomic mass is 10.2. The second-order valence-corrected chi connectivity index (χ2v) is 6.08. The third-order valence-electron chi connectivity index (χ3n) is 2.03. The topological polar surface area (TPSA) is 66.8 Å². The van der Waals surface area contributed by atoms with Gasteiger partial charge in [0.2, 0.25) is 0 Å². The van der Waals surface area contributed by atoms with Crippen LogP contribution in [0.4, 0.5) is 0 Å². The monoisotopic (exact) mass is 474 g/mol. The Morgan fingerprint density at radius 2 is 1.83 bits per heavy atom. The average Bonchev–Trinajstić information content (AvgIpc) is 2.38. The minimum absolute atomic E-state index is 0.389. The van der Waals surface area contributed by atoms with Crippen molar-refractivity contribution in [2.45, 2.75) is 14.1 Å². The first-order valence-corrected chi connectivity index (χ1v) is 7.58. The fourth-order valence-corrected chi connectivity index (χ4v) is 1.83. The number of aliphatic hydroxyl groups excluding tert-OH is 1. The molecule has 0 aliphatic carbocycles. The first kappa shape index (κ1) is 15.9. The van der Waals surface area contributed by atoms with Crippen LogP contribution >= 0.6 is 45.2 Å². The highest BCUT2D eigenvalue weighted by molar-refractivity contribution is 14.1. The van der Waals surface area contributed by atoms with E-state index in [2.05, 4.69) is 0 Å². The van der Waals surface area contributed by atoms with Crippen molar-refractivity contribution >= 4 is 51.2 Å². The van der Waals surface area contributed by atoms with Crippen LogP contribution in [0.3, 0.4) is 0 Å². The number of rotatable bonds is 5. The predicted molar refractivity (Wildman–Crippen MR) is 84.5 cm³/mol. The zero-order valence-corrected chi connectivity index (χ0v) is 13.6. The van der Waals surface area contributed by atoms with E-state index >= 15 is 0 Å². The largest absolute Gasteiger partial charge is 0.434 e. The van der Waals surface area contributed by atoms with Crippen molar-refractivity contribution < 1.29 is 19.7 Å². The van der Waals surface area contributed by atoms with Crippen LogP contribution < -0.4 is 0 Å². The molecule has 0 saturated heterocycles. The molecule has 6 heteroatoms. The molecule has 0 aliphatic heterocycles. The molecule has 0 bridgehead atoms. The lowest BCUT2D eigenvalue weighted by Crippen LogP contribution is -2.17. The first-order valence-electron chi connectivity index (χ1n) is 5.08. The maximum absolute atomic E-state index is 11.7. The van der Waals surface area contributed by atoms with Crippen molar-refractivity contribution in [2.75, 3.05) is 0 Å². The average molecular weight is 474 g/mol. The highest BCUT2D eigenvalue weighted by Crippen LogP contribution is 2.24. The highest BCUT2D eigenvalue weighted by Gasteiger charge is 2.17. The summed E-state index contributed by atoms with van der Waals surface area (Å²) in [4.78, 5) is 11.7. The molecule has 0 spiro atoms. The summed E-state index contributed by atoms with van der Waals surface area (Å²) < 4.78 is 4.02. The van der Waals surface area contributed by atoms with Gasteiger partial charge in [-0.25, -0.2) is 0 Å². The van der Waals surface area contributed by atoms with Crippen molar-refractivity contribution in [3.63, 3.8) is 0 Å². The van der Waals surface area contributed by atoms with Gasteiger partial charge in [0.1, 0.15) is 3.92 Å². The number of carbonyl (C=O) groups is 1. The summed E-state index contributed by atoms with van der Waals surface area (Å²) in [6.07, 6.45) is 1.13. The summed E-state index contributed by atoms with van der Waals surface area (Å²) in [7, 11) is 0. The molecule has 18 heavy (non-hydrogen) atoms. The van der Waals surface area contributed by atoms with Gasteiger partial charge in [-0.3, -0.25) is 4.79 Å². The molecule has 2 atom stereocenters. The molecular formula is C12H12I2O4. The van der Waals surface area contributed by atoms with Gasteiger partial charge in [0, 0.05) is 0 Å². The Hall–Kier alpha value is -0.190. The van der Waals surface area contributed by atoms with Crippen molar-refractivity contribution in [3.05, 3.63) is 48.2 Å². The Morgan fingerprint density at radius 3 is 2.39 bits per heavy atom. The third kappa shape index (κ3) is 5.21. The third-order valence-corrected chi connectivity index (χ3v) is 4.32. The van der Waals surface area contributed by atoms with E-state index in [1.807, 2.05) is 75.5 Å².